The molecule has 4 aromatic rings. The van der Waals surface area contributed by atoms with Crippen LogP contribution in [-0.4, -0.2) is 16.4 Å². The number of halogens is 1. The molecule has 5 nitrogen and oxygen atoms in total. The summed E-state index contributed by atoms with van der Waals surface area (Å²) in [5.74, 6) is 0. The molecule has 3 heterocycles. The molecule has 0 spiro atoms. The summed E-state index contributed by atoms with van der Waals surface area (Å²) in [6, 6.07) is 27.1. The van der Waals surface area contributed by atoms with Gasteiger partial charge in [0.25, 0.3) is 0 Å². The third kappa shape index (κ3) is 4.81. The standard InChI is InChI=1S/C30H28ClN5/c31-27-12-11-24(16-26(27)30-33-18-29(35-30)22-7-2-1-3-8-22)34-28-10-4-9-23-20-36(15-13-25(23)28)19-21-6-5-14-32-17-21/h1-12,14,16-18,30,33-35H,13,15,19-20H2. The van der Waals surface area contributed by atoms with E-state index in [4.69, 9.17) is 11.6 Å². The monoisotopic (exact) mass is 493 g/mol. The smallest absolute Gasteiger partial charge is 0.124 e. The molecule has 1 aromatic heterocycles. The number of hydrogen-bond acceptors (Lipinski definition) is 5. The van der Waals surface area contributed by atoms with Crippen LogP contribution in [-0.2, 0) is 19.5 Å². The first-order valence-electron chi connectivity index (χ1n) is 12.3. The molecular formula is C30H28ClN5. The van der Waals surface area contributed by atoms with Crippen molar-refractivity contribution in [1.29, 1.82) is 0 Å². The Bertz CT molecular complexity index is 1390. The molecule has 0 saturated carbocycles. The van der Waals surface area contributed by atoms with Gasteiger partial charge in [0.1, 0.15) is 6.17 Å². The lowest BCUT2D eigenvalue weighted by Gasteiger charge is -2.30. The van der Waals surface area contributed by atoms with Crippen molar-refractivity contribution < 1.29 is 0 Å². The number of fused-ring (bicyclic) bond motifs is 1. The average Bonchev–Trinajstić information content (AvgIpc) is 3.41. The van der Waals surface area contributed by atoms with Crippen LogP contribution in [0.25, 0.3) is 5.70 Å². The van der Waals surface area contributed by atoms with E-state index in [9.17, 15) is 0 Å². The van der Waals surface area contributed by atoms with E-state index in [1.807, 2.05) is 55.0 Å². The van der Waals surface area contributed by atoms with Crippen molar-refractivity contribution >= 4 is 28.7 Å². The number of nitrogens with one attached hydrogen (secondary N) is 3. The second kappa shape index (κ2) is 10.1. The zero-order chi connectivity index (χ0) is 24.3. The summed E-state index contributed by atoms with van der Waals surface area (Å²) in [6.07, 6.45) is 6.72. The van der Waals surface area contributed by atoms with E-state index in [2.05, 4.69) is 68.3 Å². The maximum Gasteiger partial charge on any atom is 0.124 e. The van der Waals surface area contributed by atoms with Gasteiger partial charge in [0, 0.05) is 60.2 Å². The highest BCUT2D eigenvalue weighted by Gasteiger charge is 2.22. The minimum absolute atomic E-state index is 0.0832. The first-order chi connectivity index (χ1) is 17.7. The van der Waals surface area contributed by atoms with Crippen LogP contribution in [0, 0.1) is 0 Å². The molecule has 3 aromatic carbocycles. The fourth-order valence-corrected chi connectivity index (χ4v) is 5.25. The lowest BCUT2D eigenvalue weighted by Crippen LogP contribution is -2.30. The van der Waals surface area contributed by atoms with Crippen LogP contribution >= 0.6 is 11.6 Å². The normalized spacial score (nSPS) is 17.0. The van der Waals surface area contributed by atoms with E-state index >= 15 is 0 Å². The predicted octanol–water partition coefficient (Wildman–Crippen LogP) is 6.23. The molecule has 0 radical (unpaired) electrons. The molecule has 0 aliphatic carbocycles. The highest BCUT2D eigenvalue weighted by Crippen LogP contribution is 2.33. The van der Waals surface area contributed by atoms with E-state index in [1.54, 1.807) is 0 Å². The van der Waals surface area contributed by atoms with Crippen molar-refractivity contribution in [2.24, 2.45) is 0 Å². The Kier molecular flexibility index (Phi) is 6.33. The number of rotatable bonds is 6. The van der Waals surface area contributed by atoms with E-state index in [1.165, 1.54) is 16.7 Å². The van der Waals surface area contributed by atoms with Gasteiger partial charge in [-0.2, -0.15) is 0 Å². The first kappa shape index (κ1) is 22.7. The van der Waals surface area contributed by atoms with E-state index in [0.29, 0.717) is 0 Å². The molecule has 0 amide bonds. The summed E-state index contributed by atoms with van der Waals surface area (Å²) < 4.78 is 0. The van der Waals surface area contributed by atoms with Crippen molar-refractivity contribution in [3.8, 4) is 0 Å². The summed E-state index contributed by atoms with van der Waals surface area (Å²) in [5, 5.41) is 11.4. The number of benzene rings is 3. The molecule has 3 N–H and O–H groups in total. The fourth-order valence-electron chi connectivity index (χ4n) is 5.03. The van der Waals surface area contributed by atoms with Crippen LogP contribution in [0.1, 0.15) is 34.0 Å². The molecule has 0 saturated heterocycles. The van der Waals surface area contributed by atoms with Crippen molar-refractivity contribution in [3.63, 3.8) is 0 Å². The third-order valence-electron chi connectivity index (χ3n) is 6.84. The minimum Gasteiger partial charge on any atom is -0.366 e. The van der Waals surface area contributed by atoms with Crippen LogP contribution in [0.4, 0.5) is 11.4 Å². The number of hydrogen-bond donors (Lipinski definition) is 3. The number of pyridine rings is 1. The highest BCUT2D eigenvalue weighted by atomic mass is 35.5. The Hall–Kier alpha value is -3.80. The zero-order valence-electron chi connectivity index (χ0n) is 19.9. The largest absolute Gasteiger partial charge is 0.366 e. The van der Waals surface area contributed by atoms with E-state index < -0.39 is 0 Å². The molecule has 1 atom stereocenters. The zero-order valence-corrected chi connectivity index (χ0v) is 20.7. The lowest BCUT2D eigenvalue weighted by atomic mass is 9.97. The topological polar surface area (TPSA) is 52.2 Å². The van der Waals surface area contributed by atoms with Gasteiger partial charge in [0.15, 0.2) is 0 Å². The highest BCUT2D eigenvalue weighted by molar-refractivity contribution is 6.31. The molecule has 6 rings (SSSR count). The average molecular weight is 494 g/mol. The molecule has 2 aliphatic heterocycles. The van der Waals surface area contributed by atoms with Gasteiger partial charge < -0.3 is 16.0 Å². The van der Waals surface area contributed by atoms with Crippen LogP contribution in [0.2, 0.25) is 5.02 Å². The summed E-state index contributed by atoms with van der Waals surface area (Å²) in [5.41, 5.74) is 9.42. The Labute approximate surface area is 216 Å². The van der Waals surface area contributed by atoms with E-state index in [0.717, 1.165) is 59.3 Å². The molecular weight excluding hydrogens is 466 g/mol. The van der Waals surface area contributed by atoms with Crippen molar-refractivity contribution in [3.05, 3.63) is 130 Å². The molecule has 2 aliphatic rings. The molecule has 1 unspecified atom stereocenters. The SMILES string of the molecule is Clc1ccc(Nc2cccc3c2CCN(Cc2cccnc2)C3)cc1C1NC=C(c2ccccc2)N1. The van der Waals surface area contributed by atoms with Gasteiger partial charge in [0.2, 0.25) is 0 Å². The molecule has 0 fully saturated rings. The van der Waals surface area contributed by atoms with Gasteiger partial charge >= 0.3 is 0 Å². The summed E-state index contributed by atoms with van der Waals surface area (Å²) in [7, 11) is 0. The van der Waals surface area contributed by atoms with Crippen molar-refractivity contribution in [2.45, 2.75) is 25.7 Å². The van der Waals surface area contributed by atoms with Gasteiger partial charge in [-0.1, -0.05) is 60.1 Å². The fraction of sp³-hybridized carbons (Fsp3) is 0.167. The number of nitrogens with zero attached hydrogens (tertiary/aromatic N) is 2. The predicted molar refractivity (Wildman–Crippen MR) is 147 cm³/mol. The molecule has 180 valence electrons. The molecule has 0 bridgehead atoms. The van der Waals surface area contributed by atoms with Gasteiger partial charge in [-0.15, -0.1) is 0 Å². The maximum absolute atomic E-state index is 6.63. The molecule has 36 heavy (non-hydrogen) atoms. The Morgan fingerprint density at radius 3 is 2.78 bits per heavy atom. The second-order valence-corrected chi connectivity index (χ2v) is 9.70. The van der Waals surface area contributed by atoms with Crippen LogP contribution in [0.5, 0.6) is 0 Å². The van der Waals surface area contributed by atoms with E-state index in [-0.39, 0.29) is 6.17 Å². The Morgan fingerprint density at radius 2 is 1.92 bits per heavy atom. The van der Waals surface area contributed by atoms with Crippen LogP contribution in [0.15, 0.2) is 97.5 Å². The quantitative estimate of drug-likeness (QED) is 0.297. The Morgan fingerprint density at radius 1 is 1.00 bits per heavy atom. The maximum atomic E-state index is 6.63. The van der Waals surface area contributed by atoms with Crippen molar-refractivity contribution in [2.75, 3.05) is 11.9 Å². The summed E-state index contributed by atoms with van der Waals surface area (Å²) >= 11 is 6.63. The molecule has 6 heteroatoms. The van der Waals surface area contributed by atoms with Crippen LogP contribution < -0.4 is 16.0 Å². The van der Waals surface area contributed by atoms with Crippen molar-refractivity contribution in [1.82, 2.24) is 20.5 Å². The van der Waals surface area contributed by atoms with Gasteiger partial charge in [-0.3, -0.25) is 9.88 Å². The summed E-state index contributed by atoms with van der Waals surface area (Å²) in [4.78, 5) is 6.74. The van der Waals surface area contributed by atoms with Gasteiger partial charge in [-0.25, -0.2) is 0 Å². The third-order valence-corrected chi connectivity index (χ3v) is 7.18. The second-order valence-electron chi connectivity index (χ2n) is 9.29. The number of aromatic nitrogens is 1. The number of anilines is 2. The minimum atomic E-state index is -0.0832. The van der Waals surface area contributed by atoms with Gasteiger partial charge in [-0.05, 0) is 59.0 Å². The Balaban J connectivity index is 1.17. The van der Waals surface area contributed by atoms with Gasteiger partial charge in [0.05, 0.1) is 5.70 Å². The first-order valence-corrected chi connectivity index (χ1v) is 12.7. The van der Waals surface area contributed by atoms with Crippen LogP contribution in [0.3, 0.4) is 0 Å². The lowest BCUT2D eigenvalue weighted by molar-refractivity contribution is 0.245. The summed E-state index contributed by atoms with van der Waals surface area (Å²) in [6.45, 7) is 2.89.